The second-order valence-electron chi connectivity index (χ2n) is 7.48. The highest BCUT2D eigenvalue weighted by molar-refractivity contribution is 6.93. The first kappa shape index (κ1) is 57.9. The second-order valence-corrected chi connectivity index (χ2v) is 9.24. The Balaban J connectivity index is -0.000000180. The largest absolute Gasteiger partial charge is 0.341 e. The van der Waals surface area contributed by atoms with Gasteiger partial charge in [-0.1, -0.05) is 23.2 Å². The number of benzene rings is 2. The lowest BCUT2D eigenvalue weighted by molar-refractivity contribution is 0.243. The zero-order valence-electron chi connectivity index (χ0n) is 30.5. The first-order chi connectivity index (χ1) is 25.9. The van der Waals surface area contributed by atoms with Crippen molar-refractivity contribution in [2.24, 2.45) is 27.2 Å². The van der Waals surface area contributed by atoms with E-state index < -0.39 is 4.70 Å². The van der Waals surface area contributed by atoms with Crippen molar-refractivity contribution in [1.82, 2.24) is 35.1 Å². The summed E-state index contributed by atoms with van der Waals surface area (Å²) in [4.78, 5) is 73.6. The first-order valence-corrected chi connectivity index (χ1v) is 15.9. The van der Waals surface area contributed by atoms with Gasteiger partial charge < -0.3 is 38.5 Å². The van der Waals surface area contributed by atoms with Crippen molar-refractivity contribution in [3.8, 4) is 0 Å². The summed E-state index contributed by atoms with van der Waals surface area (Å²) in [7, 11) is 10.6. The van der Waals surface area contributed by atoms with Gasteiger partial charge in [0, 0.05) is 68.7 Å². The highest BCUT2D eigenvalue weighted by atomic mass is 35.5. The van der Waals surface area contributed by atoms with Crippen LogP contribution < -0.4 is 38.5 Å². The van der Waals surface area contributed by atoms with Crippen LogP contribution in [0.5, 0.6) is 0 Å². The van der Waals surface area contributed by atoms with E-state index in [0.717, 1.165) is 5.69 Å². The molecule has 298 valence electrons. The number of isocyanates is 2. The fourth-order valence-electron chi connectivity index (χ4n) is 2.30. The quantitative estimate of drug-likeness (QED) is 0.0818. The predicted molar refractivity (Wildman–Crippen MR) is 214 cm³/mol. The van der Waals surface area contributed by atoms with Crippen LogP contribution in [0.15, 0.2) is 96.0 Å². The molecule has 19 nitrogen and oxygen atoms in total. The number of urea groups is 2. The summed E-state index contributed by atoms with van der Waals surface area (Å²) in [5.41, 5.74) is 14.8. The minimum Gasteiger partial charge on any atom is -0.341 e. The third-order valence-electron chi connectivity index (χ3n) is 4.33. The summed E-state index contributed by atoms with van der Waals surface area (Å²) < 4.78 is 1.86. The maximum Gasteiger partial charge on any atom is 0.338 e. The van der Waals surface area contributed by atoms with Crippen LogP contribution in [-0.4, -0.2) is 103 Å². The number of hydrogen-bond acceptors (Lipinski definition) is 13. The van der Waals surface area contributed by atoms with E-state index in [0.29, 0.717) is 15.7 Å². The van der Waals surface area contributed by atoms with E-state index in [2.05, 4.69) is 81.6 Å². The minimum absolute atomic E-state index is 0.157. The normalized spacial score (nSPS) is 7.74. The molecule has 0 aliphatic carbocycles. The van der Waals surface area contributed by atoms with Gasteiger partial charge in [-0.05, 0) is 92.9 Å². The van der Waals surface area contributed by atoms with E-state index in [1.165, 1.54) is 62.1 Å². The van der Waals surface area contributed by atoms with Gasteiger partial charge in [0.05, 0.1) is 5.69 Å². The Morgan fingerprint density at radius 3 is 1.28 bits per heavy atom. The SMILES string of the molecule is CN.CN.CN.CN=C=O.CNC(=O)NC.CNC(=O)Nc1ccc(Cl)cc1.O=C(Cl)Cl.O=C(n1ccnc1)n1ccnc1.O=C=Nc1ccc(Cl)cc1. The lowest BCUT2D eigenvalue weighted by Crippen LogP contribution is -2.28. The minimum atomic E-state index is -0.889. The Bertz CT molecular complexity index is 1540. The van der Waals surface area contributed by atoms with E-state index >= 15 is 0 Å². The van der Waals surface area contributed by atoms with Crippen LogP contribution in [0.4, 0.5) is 30.6 Å². The van der Waals surface area contributed by atoms with Crippen molar-refractivity contribution < 1.29 is 28.8 Å². The summed E-state index contributed by atoms with van der Waals surface area (Å²) in [6, 6.07) is 12.9. The third-order valence-corrected chi connectivity index (χ3v) is 4.83. The van der Waals surface area contributed by atoms with E-state index in [1.54, 1.807) is 94.5 Å². The maximum atomic E-state index is 11.4. The van der Waals surface area contributed by atoms with Crippen molar-refractivity contribution in [3.05, 3.63) is 96.0 Å². The fraction of sp³-hybridized carbons (Fsp3) is 0.226. The maximum absolute atomic E-state index is 11.4. The Labute approximate surface area is 333 Å². The molecule has 0 bridgehead atoms. The number of anilines is 1. The lowest BCUT2D eigenvalue weighted by Gasteiger charge is -2.02. The monoisotopic (exact) mass is 835 g/mol. The molecular weight excluding hydrogens is 792 g/mol. The van der Waals surface area contributed by atoms with E-state index in [1.807, 2.05) is 0 Å². The number of carbonyl (C=O) groups excluding carboxylic acids is 6. The van der Waals surface area contributed by atoms with E-state index in [9.17, 15) is 19.2 Å². The smallest absolute Gasteiger partial charge is 0.338 e. The van der Waals surface area contributed by atoms with Crippen LogP contribution in [0.3, 0.4) is 0 Å². The molecule has 54 heavy (non-hydrogen) atoms. The molecule has 0 unspecified atom stereocenters. The molecule has 4 amide bonds. The molecule has 2 heterocycles. The summed E-state index contributed by atoms with van der Waals surface area (Å²) in [6.07, 6.45) is 11.9. The highest BCUT2D eigenvalue weighted by Gasteiger charge is 2.04. The standard InChI is InChI=1S/C8H9ClN2O.C7H4ClNO.C7H6N4O.C3H8N2O.C2H3NO.CCl2O.3CH5N/c1-10-8(12)11-7-4-2-6(9)3-5-7;8-6-1-3-7(4-2-6)9-5-10;12-7(10-3-1-8-5-10)11-4-2-9-6-11;1-4-3(6)5-2;1-3-2-4;2-1(3)4;3*1-2/h2-5H,1H3,(H2,10,11,12);1-4H;1-6H;1-2H3,(H2,4,5,6);1H3;;3*2H2,1H3. The van der Waals surface area contributed by atoms with Crippen molar-refractivity contribution >= 4 is 92.7 Å². The summed E-state index contributed by atoms with van der Waals surface area (Å²) in [6.45, 7) is 0. The Hall–Kier alpha value is -5.46. The van der Waals surface area contributed by atoms with E-state index in [4.69, 9.17) is 32.8 Å². The summed E-state index contributed by atoms with van der Waals surface area (Å²) in [5.74, 6) is 0. The number of aliphatic imine (C=N–C) groups is 2. The van der Waals surface area contributed by atoms with Crippen molar-refractivity contribution in [2.75, 3.05) is 54.7 Å². The first-order valence-electron chi connectivity index (χ1n) is 14.4. The highest BCUT2D eigenvalue weighted by Crippen LogP contribution is 2.15. The second kappa shape index (κ2) is 43.7. The van der Waals surface area contributed by atoms with Gasteiger partial charge in [-0.2, -0.15) is 4.99 Å². The van der Waals surface area contributed by atoms with E-state index in [-0.39, 0.29) is 18.1 Å². The van der Waals surface area contributed by atoms with Gasteiger partial charge in [-0.25, -0.2) is 38.9 Å². The van der Waals surface area contributed by atoms with Crippen molar-refractivity contribution in [2.45, 2.75) is 0 Å². The van der Waals surface area contributed by atoms with Crippen molar-refractivity contribution in [3.63, 3.8) is 0 Å². The van der Waals surface area contributed by atoms with Crippen molar-refractivity contribution in [1.29, 1.82) is 0 Å². The molecule has 0 fully saturated rings. The molecule has 23 heteroatoms. The molecule has 0 saturated carbocycles. The van der Waals surface area contributed by atoms with Gasteiger partial charge in [-0.15, -0.1) is 0 Å². The number of halogens is 4. The average Bonchev–Trinajstić information content (AvgIpc) is 3.96. The molecule has 2 aromatic carbocycles. The zero-order valence-corrected chi connectivity index (χ0v) is 33.5. The number of nitrogens with one attached hydrogen (secondary N) is 4. The van der Waals surface area contributed by atoms with Gasteiger partial charge in [0.2, 0.25) is 12.2 Å². The number of aromatic nitrogens is 4. The molecule has 0 saturated heterocycles. The Morgan fingerprint density at radius 1 is 0.667 bits per heavy atom. The lowest BCUT2D eigenvalue weighted by atomic mass is 10.3. The molecule has 0 radical (unpaired) electrons. The molecular formula is C31H45Cl4N13O6. The number of carbonyl (C=O) groups is 4. The number of imidazole rings is 2. The molecule has 0 aliphatic rings. The third kappa shape index (κ3) is 37.8. The number of nitrogens with zero attached hydrogens (tertiary/aromatic N) is 6. The Kier molecular flexibility index (Phi) is 46.8. The summed E-state index contributed by atoms with van der Waals surface area (Å²) in [5, 5.41) is 11.1. The van der Waals surface area contributed by atoms with Gasteiger partial charge in [0.15, 0.2) is 0 Å². The fourth-order valence-corrected chi connectivity index (χ4v) is 2.55. The molecule has 0 atom stereocenters. The van der Waals surface area contributed by atoms with Crippen LogP contribution in [0, 0.1) is 0 Å². The Morgan fingerprint density at radius 2 is 1.02 bits per heavy atom. The van der Waals surface area contributed by atoms with Crippen LogP contribution in [-0.2, 0) is 9.59 Å². The number of nitrogens with two attached hydrogens (primary N) is 3. The van der Waals surface area contributed by atoms with Gasteiger partial charge >= 0.3 is 22.8 Å². The molecule has 0 spiro atoms. The van der Waals surface area contributed by atoms with Crippen LogP contribution in [0.2, 0.25) is 10.0 Å². The van der Waals surface area contributed by atoms with Crippen LogP contribution in [0.25, 0.3) is 0 Å². The van der Waals surface area contributed by atoms with Gasteiger partial charge in [-0.3, -0.25) is 13.9 Å². The van der Waals surface area contributed by atoms with Crippen LogP contribution in [0.1, 0.15) is 0 Å². The number of hydrogen-bond donors (Lipinski definition) is 7. The van der Waals surface area contributed by atoms with Gasteiger partial charge in [0.25, 0.3) is 0 Å². The number of rotatable bonds is 2. The predicted octanol–water partition coefficient (Wildman–Crippen LogP) is 4.80. The molecule has 0 aliphatic heterocycles. The molecule has 4 rings (SSSR count). The average molecular weight is 838 g/mol. The summed E-state index contributed by atoms with van der Waals surface area (Å²) >= 11 is 20.0. The topological polar surface area (TPSA) is 289 Å². The molecule has 2 aromatic heterocycles. The van der Waals surface area contributed by atoms with Gasteiger partial charge in [0.1, 0.15) is 12.7 Å². The van der Waals surface area contributed by atoms with Crippen LogP contribution >= 0.6 is 46.4 Å². The molecule has 10 N–H and O–H groups in total. The molecule has 4 aromatic rings. The zero-order chi connectivity index (χ0) is 42.7. The number of amides is 4.